The number of aliphatic carboxylic acids is 1. The SMILES string of the molecule is CC=CC1=C(C(=O)O)N2C(=O)[C@@H](NC(=O)C(N)c3ccc(O)cc3)[C@H]2SC1. The van der Waals surface area contributed by atoms with Gasteiger partial charge >= 0.3 is 5.97 Å². The van der Waals surface area contributed by atoms with E-state index in [1.165, 1.54) is 40.9 Å². The average molecular weight is 389 g/mol. The summed E-state index contributed by atoms with van der Waals surface area (Å²) in [4.78, 5) is 37.7. The number of nitrogens with one attached hydrogen (secondary N) is 1. The first-order chi connectivity index (χ1) is 12.8. The van der Waals surface area contributed by atoms with Crippen LogP contribution in [0.1, 0.15) is 18.5 Å². The maximum atomic E-state index is 12.5. The molecule has 2 heterocycles. The molecule has 0 bridgehead atoms. The number of β-lactam (4-membered cyclic amide) rings is 1. The molecule has 1 fully saturated rings. The van der Waals surface area contributed by atoms with Gasteiger partial charge in [-0.05, 0) is 30.2 Å². The van der Waals surface area contributed by atoms with Gasteiger partial charge in [-0.15, -0.1) is 11.8 Å². The lowest BCUT2D eigenvalue weighted by molar-refractivity contribution is -0.150. The Bertz CT molecular complexity index is 849. The zero-order valence-corrected chi connectivity index (χ0v) is 15.3. The van der Waals surface area contributed by atoms with Crippen LogP contribution in [0.2, 0.25) is 0 Å². The van der Waals surface area contributed by atoms with E-state index >= 15 is 0 Å². The number of amides is 2. The number of allylic oxidation sites excluding steroid dienone is 2. The molecule has 1 unspecified atom stereocenters. The lowest BCUT2D eigenvalue weighted by atomic mass is 10.0. The molecule has 3 rings (SSSR count). The number of carbonyl (C=O) groups excluding carboxylic acids is 2. The number of benzene rings is 1. The van der Waals surface area contributed by atoms with E-state index in [0.29, 0.717) is 16.9 Å². The van der Waals surface area contributed by atoms with Crippen LogP contribution in [0.15, 0.2) is 47.7 Å². The second-order valence-electron chi connectivity index (χ2n) is 6.14. The van der Waals surface area contributed by atoms with Gasteiger partial charge in [0.2, 0.25) is 5.91 Å². The molecule has 0 radical (unpaired) electrons. The van der Waals surface area contributed by atoms with Crippen LogP contribution in [-0.2, 0) is 14.4 Å². The van der Waals surface area contributed by atoms with Crippen molar-refractivity contribution in [2.45, 2.75) is 24.4 Å². The van der Waals surface area contributed by atoms with Crippen LogP contribution in [0.5, 0.6) is 5.75 Å². The number of phenolic OH excluding ortho intramolecular Hbond substituents is 1. The number of hydrogen-bond acceptors (Lipinski definition) is 6. The molecule has 8 nitrogen and oxygen atoms in total. The third-order valence-corrected chi connectivity index (χ3v) is 5.70. The molecular formula is C18H19N3O5S. The van der Waals surface area contributed by atoms with Crippen molar-refractivity contribution in [3.05, 3.63) is 53.3 Å². The number of thioether (sulfide) groups is 1. The normalized spacial score (nSPS) is 23.0. The largest absolute Gasteiger partial charge is 0.508 e. The summed E-state index contributed by atoms with van der Waals surface area (Å²) < 4.78 is 0. The Hall–Kier alpha value is -2.78. The smallest absolute Gasteiger partial charge is 0.352 e. The Labute approximate surface area is 159 Å². The number of rotatable bonds is 5. The molecule has 2 amide bonds. The summed E-state index contributed by atoms with van der Waals surface area (Å²) in [5.74, 6) is -1.71. The summed E-state index contributed by atoms with van der Waals surface area (Å²) >= 11 is 1.39. The number of carboxylic acid groups (broad SMARTS) is 1. The van der Waals surface area contributed by atoms with Gasteiger partial charge in [0.15, 0.2) is 0 Å². The number of aromatic hydroxyl groups is 1. The molecule has 0 aromatic heterocycles. The van der Waals surface area contributed by atoms with Crippen LogP contribution in [0, 0.1) is 0 Å². The lowest BCUT2D eigenvalue weighted by Crippen LogP contribution is -2.71. The highest BCUT2D eigenvalue weighted by atomic mass is 32.2. The van der Waals surface area contributed by atoms with Crippen molar-refractivity contribution in [1.82, 2.24) is 10.2 Å². The second-order valence-corrected chi connectivity index (χ2v) is 7.25. The van der Waals surface area contributed by atoms with Gasteiger partial charge in [-0.25, -0.2) is 4.79 Å². The molecule has 0 spiro atoms. The van der Waals surface area contributed by atoms with E-state index < -0.39 is 35.2 Å². The number of phenols is 1. The van der Waals surface area contributed by atoms with Gasteiger partial charge in [-0.3, -0.25) is 14.5 Å². The van der Waals surface area contributed by atoms with Crippen molar-refractivity contribution in [1.29, 1.82) is 0 Å². The van der Waals surface area contributed by atoms with E-state index in [-0.39, 0.29) is 11.4 Å². The third kappa shape index (κ3) is 3.43. The van der Waals surface area contributed by atoms with E-state index in [0.717, 1.165) is 0 Å². The summed E-state index contributed by atoms with van der Waals surface area (Å²) in [7, 11) is 0. The van der Waals surface area contributed by atoms with Crippen molar-refractivity contribution in [3.8, 4) is 5.75 Å². The van der Waals surface area contributed by atoms with Gasteiger partial charge in [0, 0.05) is 5.75 Å². The zero-order valence-electron chi connectivity index (χ0n) is 14.5. The number of carbonyl (C=O) groups is 3. The number of nitrogens with two attached hydrogens (primary N) is 1. The first kappa shape index (κ1) is 19.0. The van der Waals surface area contributed by atoms with Crippen molar-refractivity contribution >= 4 is 29.5 Å². The molecule has 1 aromatic rings. The van der Waals surface area contributed by atoms with E-state index in [4.69, 9.17) is 5.73 Å². The highest BCUT2D eigenvalue weighted by molar-refractivity contribution is 8.00. The molecule has 142 valence electrons. The topological polar surface area (TPSA) is 133 Å². The van der Waals surface area contributed by atoms with Crippen molar-refractivity contribution in [2.75, 3.05) is 5.75 Å². The van der Waals surface area contributed by atoms with Crippen LogP contribution < -0.4 is 11.1 Å². The second kappa shape index (κ2) is 7.45. The van der Waals surface area contributed by atoms with E-state index in [9.17, 15) is 24.6 Å². The highest BCUT2D eigenvalue weighted by Gasteiger charge is 2.54. The lowest BCUT2D eigenvalue weighted by Gasteiger charge is -2.49. The number of hydrogen-bond donors (Lipinski definition) is 4. The van der Waals surface area contributed by atoms with Gasteiger partial charge in [-0.1, -0.05) is 24.3 Å². The van der Waals surface area contributed by atoms with Crippen molar-refractivity contribution in [2.24, 2.45) is 5.73 Å². The summed E-state index contributed by atoms with van der Waals surface area (Å²) in [6.07, 6.45) is 3.39. The van der Waals surface area contributed by atoms with Crippen LogP contribution in [0.25, 0.3) is 0 Å². The number of carboxylic acids is 1. The molecule has 5 N–H and O–H groups in total. The number of fused-ring (bicyclic) bond motifs is 1. The maximum Gasteiger partial charge on any atom is 0.352 e. The fourth-order valence-corrected chi connectivity index (χ4v) is 4.37. The van der Waals surface area contributed by atoms with Gasteiger partial charge in [-0.2, -0.15) is 0 Å². The minimum Gasteiger partial charge on any atom is -0.508 e. The van der Waals surface area contributed by atoms with Crippen molar-refractivity contribution in [3.63, 3.8) is 0 Å². The Morgan fingerprint density at radius 2 is 2.04 bits per heavy atom. The molecule has 1 saturated heterocycles. The van der Waals surface area contributed by atoms with E-state index in [1.807, 2.05) is 0 Å². The Balaban J connectivity index is 1.74. The fourth-order valence-electron chi connectivity index (χ4n) is 3.05. The van der Waals surface area contributed by atoms with Crippen LogP contribution in [0.4, 0.5) is 0 Å². The molecule has 0 saturated carbocycles. The Morgan fingerprint density at radius 1 is 1.37 bits per heavy atom. The molecule has 2 aliphatic heterocycles. The molecule has 27 heavy (non-hydrogen) atoms. The van der Waals surface area contributed by atoms with Gasteiger partial charge in [0.1, 0.15) is 28.9 Å². The van der Waals surface area contributed by atoms with Gasteiger partial charge in [0.25, 0.3) is 5.91 Å². The standard InChI is InChI=1S/C18H19N3O5S/c1-2-3-10-8-27-17-13(16(24)21(17)14(10)18(25)26)20-15(23)12(19)9-4-6-11(22)7-5-9/h2-7,12-13,17,22H,8,19H2,1H3,(H,20,23)(H,25,26)/t12?,13-,17-/m1/s1. The highest BCUT2D eigenvalue weighted by Crippen LogP contribution is 2.40. The van der Waals surface area contributed by atoms with Crippen LogP contribution >= 0.6 is 11.8 Å². The molecule has 9 heteroatoms. The summed E-state index contributed by atoms with van der Waals surface area (Å²) in [6.45, 7) is 1.77. The van der Waals surface area contributed by atoms with E-state index in [2.05, 4.69) is 5.32 Å². The van der Waals surface area contributed by atoms with E-state index in [1.54, 1.807) is 19.1 Å². The van der Waals surface area contributed by atoms with Gasteiger partial charge < -0.3 is 21.3 Å². The van der Waals surface area contributed by atoms with Crippen LogP contribution in [-0.4, -0.2) is 50.1 Å². The monoisotopic (exact) mass is 389 g/mol. The maximum absolute atomic E-state index is 12.5. The minimum atomic E-state index is -1.17. The summed E-state index contributed by atoms with van der Waals surface area (Å²) in [5.41, 5.74) is 6.93. The van der Waals surface area contributed by atoms with Crippen LogP contribution in [0.3, 0.4) is 0 Å². The van der Waals surface area contributed by atoms with Crippen molar-refractivity contribution < 1.29 is 24.6 Å². The minimum absolute atomic E-state index is 0.0461. The summed E-state index contributed by atoms with van der Waals surface area (Å²) in [6, 6.07) is 4.06. The summed E-state index contributed by atoms with van der Waals surface area (Å²) in [5, 5.41) is 20.9. The van der Waals surface area contributed by atoms with Gasteiger partial charge in [0.05, 0.1) is 0 Å². The first-order valence-corrected chi connectivity index (χ1v) is 9.28. The molecular weight excluding hydrogens is 370 g/mol. The zero-order chi connectivity index (χ0) is 19.7. The molecule has 3 atom stereocenters. The molecule has 1 aromatic carbocycles. The fraction of sp³-hybridized carbons (Fsp3) is 0.278. The Kier molecular flexibility index (Phi) is 5.24. The first-order valence-electron chi connectivity index (χ1n) is 8.24. The average Bonchev–Trinajstić information content (AvgIpc) is 2.65. The Morgan fingerprint density at radius 3 is 2.63 bits per heavy atom. The third-order valence-electron chi connectivity index (χ3n) is 4.40. The molecule has 2 aliphatic rings. The number of nitrogens with zero attached hydrogens (tertiary/aromatic N) is 1. The predicted molar refractivity (Wildman–Crippen MR) is 99.5 cm³/mol. The molecule has 0 aliphatic carbocycles. The quantitative estimate of drug-likeness (QED) is 0.545. The predicted octanol–water partition coefficient (Wildman–Crippen LogP) is 0.707.